The predicted molar refractivity (Wildman–Crippen MR) is 80.1 cm³/mol. The van der Waals surface area contributed by atoms with Crippen molar-refractivity contribution in [3.8, 4) is 0 Å². The Morgan fingerprint density at radius 2 is 2.14 bits per heavy atom. The van der Waals surface area contributed by atoms with Crippen LogP contribution in [-0.4, -0.2) is 26.9 Å². The lowest BCUT2D eigenvalue weighted by molar-refractivity contribution is 0.0523. The van der Waals surface area contributed by atoms with Crippen molar-refractivity contribution in [1.29, 1.82) is 0 Å². The molecular weight excluding hydrogens is 290 g/mol. The maximum atomic E-state index is 12.4. The fourth-order valence-corrected chi connectivity index (χ4v) is 3.17. The summed E-state index contributed by atoms with van der Waals surface area (Å²) in [6.07, 6.45) is 2.69. The van der Waals surface area contributed by atoms with Gasteiger partial charge in [-0.3, -0.25) is 4.79 Å². The maximum absolute atomic E-state index is 12.4. The first-order valence-electron chi connectivity index (χ1n) is 6.47. The van der Waals surface area contributed by atoms with E-state index in [1.165, 1.54) is 16.9 Å². The van der Waals surface area contributed by atoms with Crippen molar-refractivity contribution < 1.29 is 9.53 Å². The van der Waals surface area contributed by atoms with Gasteiger partial charge in [-0.15, -0.1) is 11.3 Å². The van der Waals surface area contributed by atoms with E-state index in [0.717, 1.165) is 20.7 Å². The number of thiophene rings is 1. The second kappa shape index (κ2) is 4.92. The molecule has 0 atom stereocenters. The van der Waals surface area contributed by atoms with Gasteiger partial charge in [-0.2, -0.15) is 0 Å². The van der Waals surface area contributed by atoms with E-state index in [1.54, 1.807) is 18.3 Å². The number of carbonyl (C=O) groups is 1. The van der Waals surface area contributed by atoms with Crippen molar-refractivity contribution in [3.05, 3.63) is 38.9 Å². The first-order valence-corrected chi connectivity index (χ1v) is 7.29. The number of fused-ring (bicyclic) bond motifs is 3. The number of ether oxygens (including phenoxy) is 1. The van der Waals surface area contributed by atoms with Crippen LogP contribution in [0, 0.1) is 13.8 Å². The lowest BCUT2D eigenvalue weighted by Gasteiger charge is -2.05. The summed E-state index contributed by atoms with van der Waals surface area (Å²) >= 11 is 1.56. The smallest absolute Gasteiger partial charge is 0.345 e. The van der Waals surface area contributed by atoms with E-state index >= 15 is 0 Å². The predicted octanol–water partition coefficient (Wildman–Crippen LogP) is 2.10. The van der Waals surface area contributed by atoms with E-state index < -0.39 is 11.5 Å². The van der Waals surface area contributed by atoms with Gasteiger partial charge in [0.1, 0.15) is 16.7 Å². The van der Waals surface area contributed by atoms with E-state index in [4.69, 9.17) is 4.74 Å². The van der Waals surface area contributed by atoms with Gasteiger partial charge < -0.3 is 4.74 Å². The van der Waals surface area contributed by atoms with Crippen molar-refractivity contribution in [2.75, 3.05) is 6.61 Å². The molecule has 0 aliphatic carbocycles. The van der Waals surface area contributed by atoms with Crippen LogP contribution in [0.15, 0.2) is 17.3 Å². The average Bonchev–Trinajstić information content (AvgIpc) is 2.75. The zero-order chi connectivity index (χ0) is 15.1. The monoisotopic (exact) mass is 303 g/mol. The van der Waals surface area contributed by atoms with Crippen LogP contribution in [0.4, 0.5) is 0 Å². The molecule has 0 fully saturated rings. The number of aromatic nitrogens is 3. The van der Waals surface area contributed by atoms with Crippen molar-refractivity contribution in [2.24, 2.45) is 0 Å². The van der Waals surface area contributed by atoms with Crippen LogP contribution in [-0.2, 0) is 4.74 Å². The maximum Gasteiger partial charge on any atom is 0.345 e. The molecule has 108 valence electrons. The Kier molecular flexibility index (Phi) is 3.21. The first-order chi connectivity index (χ1) is 10.0. The van der Waals surface area contributed by atoms with E-state index in [9.17, 15) is 9.59 Å². The molecule has 6 nitrogen and oxygen atoms in total. The van der Waals surface area contributed by atoms with Gasteiger partial charge in [0.05, 0.1) is 12.0 Å². The Balaban J connectivity index is 2.36. The Bertz CT molecular complexity index is 926. The minimum Gasteiger partial charge on any atom is -0.462 e. The first kappa shape index (κ1) is 13.7. The number of rotatable bonds is 2. The molecule has 0 aliphatic rings. The largest absolute Gasteiger partial charge is 0.462 e. The third-order valence-corrected chi connectivity index (χ3v) is 4.48. The number of aryl methyl sites for hydroxylation is 2. The molecule has 0 radical (unpaired) electrons. The average molecular weight is 303 g/mol. The Morgan fingerprint density at radius 3 is 2.86 bits per heavy atom. The molecule has 0 saturated carbocycles. The van der Waals surface area contributed by atoms with Crippen molar-refractivity contribution in [1.82, 2.24) is 14.4 Å². The van der Waals surface area contributed by atoms with Gasteiger partial charge in [-0.25, -0.2) is 19.2 Å². The summed E-state index contributed by atoms with van der Waals surface area (Å²) in [6.45, 7) is 5.87. The molecule has 0 unspecified atom stereocenters. The third-order valence-electron chi connectivity index (χ3n) is 3.37. The Labute approximate surface area is 124 Å². The summed E-state index contributed by atoms with van der Waals surface area (Å²) in [6, 6.07) is 0. The molecule has 0 aliphatic heterocycles. The molecule has 3 aromatic heterocycles. The number of esters is 1. The molecule has 0 bridgehead atoms. The fourth-order valence-electron chi connectivity index (χ4n) is 2.18. The van der Waals surface area contributed by atoms with Crippen molar-refractivity contribution >= 4 is 33.2 Å². The van der Waals surface area contributed by atoms with Gasteiger partial charge >= 0.3 is 5.97 Å². The van der Waals surface area contributed by atoms with Crippen LogP contribution < -0.4 is 5.56 Å². The van der Waals surface area contributed by atoms with Gasteiger partial charge in [0.2, 0.25) is 0 Å². The highest BCUT2D eigenvalue weighted by molar-refractivity contribution is 7.18. The van der Waals surface area contributed by atoms with E-state index in [-0.39, 0.29) is 12.2 Å². The SMILES string of the molecule is CCOC(=O)c1cnc2c3c(C)c(C)sc3ncn2c1=O. The van der Waals surface area contributed by atoms with Crippen LogP contribution in [0.2, 0.25) is 0 Å². The molecule has 3 rings (SSSR count). The van der Waals surface area contributed by atoms with Crippen LogP contribution in [0.25, 0.3) is 15.9 Å². The van der Waals surface area contributed by atoms with Crippen LogP contribution >= 0.6 is 11.3 Å². The summed E-state index contributed by atoms with van der Waals surface area (Å²) in [5, 5.41) is 0.854. The van der Waals surface area contributed by atoms with Crippen molar-refractivity contribution in [2.45, 2.75) is 20.8 Å². The highest BCUT2D eigenvalue weighted by Gasteiger charge is 2.17. The molecule has 0 saturated heterocycles. The highest BCUT2D eigenvalue weighted by atomic mass is 32.1. The van der Waals surface area contributed by atoms with Gasteiger partial charge in [-0.1, -0.05) is 0 Å². The molecule has 0 aromatic carbocycles. The van der Waals surface area contributed by atoms with E-state index in [2.05, 4.69) is 9.97 Å². The Morgan fingerprint density at radius 1 is 1.38 bits per heavy atom. The minimum atomic E-state index is -0.664. The molecule has 0 amide bonds. The normalized spacial score (nSPS) is 11.2. The summed E-state index contributed by atoms with van der Waals surface area (Å²) in [7, 11) is 0. The summed E-state index contributed by atoms with van der Waals surface area (Å²) < 4.78 is 6.16. The summed E-state index contributed by atoms with van der Waals surface area (Å²) in [4.78, 5) is 34.7. The van der Waals surface area contributed by atoms with Crippen LogP contribution in [0.3, 0.4) is 0 Å². The second-order valence-corrected chi connectivity index (χ2v) is 5.80. The standard InChI is InChI=1S/C14H13N3O3S/c1-4-20-14(19)9-5-15-11-10-7(2)8(3)21-12(10)16-6-17(11)13(9)18/h5-6H,4H2,1-3H3. The van der Waals surface area contributed by atoms with E-state index in [0.29, 0.717) is 5.65 Å². The number of hydrogen-bond acceptors (Lipinski definition) is 6. The van der Waals surface area contributed by atoms with Crippen molar-refractivity contribution in [3.63, 3.8) is 0 Å². The molecule has 3 aromatic rings. The highest BCUT2D eigenvalue weighted by Crippen LogP contribution is 2.30. The minimum absolute atomic E-state index is 0.0832. The summed E-state index contributed by atoms with van der Waals surface area (Å²) in [5.41, 5.74) is 1.02. The topological polar surface area (TPSA) is 73.6 Å². The van der Waals surface area contributed by atoms with Crippen LogP contribution in [0.5, 0.6) is 0 Å². The van der Waals surface area contributed by atoms with Gasteiger partial charge in [0, 0.05) is 11.1 Å². The van der Waals surface area contributed by atoms with Crippen LogP contribution in [0.1, 0.15) is 27.7 Å². The fraction of sp³-hybridized carbons (Fsp3) is 0.286. The number of nitrogens with zero attached hydrogens (tertiary/aromatic N) is 3. The second-order valence-electron chi connectivity index (χ2n) is 4.60. The molecule has 0 spiro atoms. The lowest BCUT2D eigenvalue weighted by Crippen LogP contribution is -2.24. The third kappa shape index (κ3) is 2.01. The lowest BCUT2D eigenvalue weighted by atomic mass is 10.2. The molecule has 7 heteroatoms. The number of hydrogen-bond donors (Lipinski definition) is 0. The zero-order valence-corrected chi connectivity index (χ0v) is 12.7. The summed E-state index contributed by atoms with van der Waals surface area (Å²) in [5.74, 6) is -0.664. The molecule has 21 heavy (non-hydrogen) atoms. The Hall–Kier alpha value is -2.28. The van der Waals surface area contributed by atoms with Gasteiger partial charge in [0.15, 0.2) is 5.65 Å². The quantitative estimate of drug-likeness (QED) is 0.678. The molecule has 3 heterocycles. The van der Waals surface area contributed by atoms with Gasteiger partial charge in [0.25, 0.3) is 5.56 Å². The zero-order valence-electron chi connectivity index (χ0n) is 11.8. The van der Waals surface area contributed by atoms with Gasteiger partial charge in [-0.05, 0) is 26.3 Å². The molecular formula is C14H13N3O3S. The van der Waals surface area contributed by atoms with E-state index in [1.807, 2.05) is 13.8 Å². The molecule has 0 N–H and O–H groups in total. The number of carbonyl (C=O) groups excluding carboxylic acids is 1.